The Kier molecular flexibility index (Phi) is 11.8. The highest BCUT2D eigenvalue weighted by Crippen LogP contribution is 2.10. The quantitative estimate of drug-likeness (QED) is 0.244. The summed E-state index contributed by atoms with van der Waals surface area (Å²) in [6.07, 6.45) is 2.45. The highest BCUT2D eigenvalue weighted by atomic mass is 127. The summed E-state index contributed by atoms with van der Waals surface area (Å²) in [5.41, 5.74) is -0.496. The van der Waals surface area contributed by atoms with Crippen LogP contribution in [0.4, 0.5) is 0 Å². The number of esters is 1. The predicted octanol–water partition coefficient (Wildman–Crippen LogP) is 1.14. The highest BCUT2D eigenvalue weighted by Gasteiger charge is 2.17. The Balaban J connectivity index is 0.00000625. The molecule has 1 fully saturated rings. The molecule has 1 atom stereocenters. The average molecular weight is 484 g/mol. The van der Waals surface area contributed by atoms with E-state index >= 15 is 0 Å². The maximum absolute atomic E-state index is 11.8. The molecular weight excluding hydrogens is 451 g/mol. The molecule has 0 radical (unpaired) electrons. The Labute approximate surface area is 173 Å². The molecule has 1 heterocycles. The molecule has 1 aliphatic rings. The zero-order chi connectivity index (χ0) is 18.9. The molecule has 0 aliphatic carbocycles. The number of carbonyl (C=O) groups is 2. The SMILES string of the molecule is CN(C)C(=O)CN=C(NCCC(=O)OC(C)(C)C)NCC1CCCO1.I. The molecule has 1 unspecified atom stereocenters. The van der Waals surface area contributed by atoms with Gasteiger partial charge < -0.3 is 25.0 Å². The van der Waals surface area contributed by atoms with E-state index in [0.29, 0.717) is 19.0 Å². The van der Waals surface area contributed by atoms with Gasteiger partial charge in [-0.25, -0.2) is 4.99 Å². The lowest BCUT2D eigenvalue weighted by Gasteiger charge is -2.20. The molecule has 0 bridgehead atoms. The number of rotatable bonds is 7. The van der Waals surface area contributed by atoms with E-state index in [1.807, 2.05) is 20.8 Å². The summed E-state index contributed by atoms with van der Waals surface area (Å²) in [5, 5.41) is 6.24. The van der Waals surface area contributed by atoms with Crippen LogP contribution >= 0.6 is 24.0 Å². The molecule has 0 aromatic carbocycles. The Morgan fingerprint density at radius 1 is 1.27 bits per heavy atom. The van der Waals surface area contributed by atoms with Crippen LogP contribution in [0.5, 0.6) is 0 Å². The molecule has 152 valence electrons. The van der Waals surface area contributed by atoms with E-state index in [4.69, 9.17) is 9.47 Å². The van der Waals surface area contributed by atoms with E-state index in [9.17, 15) is 9.59 Å². The van der Waals surface area contributed by atoms with Gasteiger partial charge in [0.25, 0.3) is 0 Å². The smallest absolute Gasteiger partial charge is 0.308 e. The van der Waals surface area contributed by atoms with E-state index in [-0.39, 0.29) is 54.9 Å². The zero-order valence-corrected chi connectivity index (χ0v) is 18.8. The second-order valence-electron chi connectivity index (χ2n) is 7.23. The molecular formula is C17H33IN4O4. The van der Waals surface area contributed by atoms with Gasteiger partial charge in [-0.3, -0.25) is 9.59 Å². The van der Waals surface area contributed by atoms with Crippen molar-refractivity contribution in [2.45, 2.75) is 51.7 Å². The van der Waals surface area contributed by atoms with Crippen LogP contribution in [0.25, 0.3) is 0 Å². The van der Waals surface area contributed by atoms with Crippen LogP contribution in [0, 0.1) is 0 Å². The van der Waals surface area contributed by atoms with Gasteiger partial charge in [0.1, 0.15) is 12.1 Å². The van der Waals surface area contributed by atoms with E-state index in [2.05, 4.69) is 15.6 Å². The summed E-state index contributed by atoms with van der Waals surface area (Å²) in [5.74, 6) is 0.127. The third-order valence-corrected chi connectivity index (χ3v) is 3.43. The molecule has 2 N–H and O–H groups in total. The van der Waals surface area contributed by atoms with Crippen molar-refractivity contribution in [1.82, 2.24) is 15.5 Å². The normalized spacial score (nSPS) is 17.3. The number of nitrogens with one attached hydrogen (secondary N) is 2. The minimum atomic E-state index is -0.496. The predicted molar refractivity (Wildman–Crippen MR) is 112 cm³/mol. The van der Waals surface area contributed by atoms with Crippen molar-refractivity contribution in [3.8, 4) is 0 Å². The number of hydrogen-bond acceptors (Lipinski definition) is 5. The van der Waals surface area contributed by atoms with Crippen molar-refractivity contribution in [2.24, 2.45) is 4.99 Å². The largest absolute Gasteiger partial charge is 0.460 e. The van der Waals surface area contributed by atoms with Crippen molar-refractivity contribution in [3.05, 3.63) is 0 Å². The molecule has 0 aromatic heterocycles. The van der Waals surface area contributed by atoms with Crippen molar-refractivity contribution in [1.29, 1.82) is 0 Å². The first-order chi connectivity index (χ1) is 11.7. The Morgan fingerprint density at radius 2 is 1.96 bits per heavy atom. The average Bonchev–Trinajstić information content (AvgIpc) is 3.00. The van der Waals surface area contributed by atoms with Gasteiger partial charge in [-0.2, -0.15) is 0 Å². The number of carbonyl (C=O) groups excluding carboxylic acids is 2. The Bertz CT molecular complexity index is 472. The molecule has 0 aromatic rings. The molecule has 9 heteroatoms. The summed E-state index contributed by atoms with van der Waals surface area (Å²) in [7, 11) is 3.38. The maximum Gasteiger partial charge on any atom is 0.308 e. The number of amides is 1. The first-order valence-corrected chi connectivity index (χ1v) is 8.73. The minimum Gasteiger partial charge on any atom is -0.460 e. The monoisotopic (exact) mass is 484 g/mol. The van der Waals surface area contributed by atoms with Crippen molar-refractivity contribution < 1.29 is 19.1 Å². The van der Waals surface area contributed by atoms with Crippen LogP contribution in [0.1, 0.15) is 40.0 Å². The minimum absolute atomic E-state index is 0. The number of nitrogens with zero attached hydrogens (tertiary/aromatic N) is 2. The molecule has 0 saturated carbocycles. The summed E-state index contributed by atoms with van der Waals surface area (Å²) >= 11 is 0. The Morgan fingerprint density at radius 3 is 2.50 bits per heavy atom. The first-order valence-electron chi connectivity index (χ1n) is 8.73. The number of guanidine groups is 1. The van der Waals surface area contributed by atoms with Crippen molar-refractivity contribution in [3.63, 3.8) is 0 Å². The highest BCUT2D eigenvalue weighted by molar-refractivity contribution is 14.0. The number of ether oxygens (including phenoxy) is 2. The van der Waals surface area contributed by atoms with Crippen LogP contribution in [-0.4, -0.2) is 74.8 Å². The van der Waals surface area contributed by atoms with Crippen LogP contribution < -0.4 is 10.6 Å². The van der Waals surface area contributed by atoms with Gasteiger partial charge in [0.2, 0.25) is 5.91 Å². The number of halogens is 1. The van der Waals surface area contributed by atoms with Crippen molar-refractivity contribution in [2.75, 3.05) is 40.3 Å². The van der Waals surface area contributed by atoms with Gasteiger partial charge in [0.05, 0.1) is 12.5 Å². The Hall–Kier alpha value is -1.10. The van der Waals surface area contributed by atoms with E-state index in [0.717, 1.165) is 19.4 Å². The number of likely N-dealkylation sites (N-methyl/N-ethyl adjacent to an activating group) is 1. The van der Waals surface area contributed by atoms with Gasteiger partial charge in [0, 0.05) is 33.8 Å². The maximum atomic E-state index is 11.8. The van der Waals surface area contributed by atoms with Gasteiger partial charge in [-0.15, -0.1) is 24.0 Å². The van der Waals surface area contributed by atoms with Crippen LogP contribution in [0.3, 0.4) is 0 Å². The fraction of sp³-hybridized carbons (Fsp3) is 0.824. The topological polar surface area (TPSA) is 92.3 Å². The van der Waals surface area contributed by atoms with Gasteiger partial charge in [-0.1, -0.05) is 0 Å². The van der Waals surface area contributed by atoms with E-state index in [1.165, 1.54) is 4.90 Å². The molecule has 1 rings (SSSR count). The van der Waals surface area contributed by atoms with Crippen LogP contribution in [0.2, 0.25) is 0 Å². The van der Waals surface area contributed by atoms with E-state index in [1.54, 1.807) is 14.1 Å². The van der Waals surface area contributed by atoms with Gasteiger partial charge in [-0.05, 0) is 33.6 Å². The molecule has 8 nitrogen and oxygen atoms in total. The third-order valence-electron chi connectivity index (χ3n) is 3.43. The summed E-state index contributed by atoms with van der Waals surface area (Å²) in [4.78, 5) is 29.2. The number of aliphatic imine (C=N–C) groups is 1. The van der Waals surface area contributed by atoms with Crippen LogP contribution in [-0.2, 0) is 19.1 Å². The lowest BCUT2D eigenvalue weighted by molar-refractivity contribution is -0.154. The molecule has 1 saturated heterocycles. The molecule has 1 amide bonds. The van der Waals surface area contributed by atoms with Crippen molar-refractivity contribution >= 4 is 41.8 Å². The van der Waals surface area contributed by atoms with Gasteiger partial charge >= 0.3 is 5.97 Å². The summed E-state index contributed by atoms with van der Waals surface area (Å²) in [6.45, 7) is 7.32. The first kappa shape index (κ1) is 24.9. The summed E-state index contributed by atoms with van der Waals surface area (Å²) in [6, 6.07) is 0. The third kappa shape index (κ3) is 11.5. The van der Waals surface area contributed by atoms with E-state index < -0.39 is 5.60 Å². The molecule has 26 heavy (non-hydrogen) atoms. The molecule has 1 aliphatic heterocycles. The molecule has 0 spiro atoms. The second-order valence-corrected chi connectivity index (χ2v) is 7.23. The zero-order valence-electron chi connectivity index (χ0n) is 16.5. The van der Waals surface area contributed by atoms with Gasteiger partial charge in [0.15, 0.2) is 5.96 Å². The second kappa shape index (κ2) is 12.3. The van der Waals surface area contributed by atoms with Crippen LogP contribution in [0.15, 0.2) is 4.99 Å². The lowest BCUT2D eigenvalue weighted by atomic mass is 10.2. The number of hydrogen-bond donors (Lipinski definition) is 2. The summed E-state index contributed by atoms with van der Waals surface area (Å²) < 4.78 is 10.8. The standard InChI is InChI=1S/C17H32N4O4.HI/c1-17(2,3)25-15(23)8-9-18-16(20-12-14(22)21(4)5)19-11-13-7-6-10-24-13;/h13H,6-12H2,1-5H3,(H2,18,19,20);1H. The lowest BCUT2D eigenvalue weighted by Crippen LogP contribution is -2.42. The fourth-order valence-electron chi connectivity index (χ4n) is 2.15. The fourth-order valence-corrected chi connectivity index (χ4v) is 2.15.